The number of rotatable bonds is 5. The van der Waals surface area contributed by atoms with Gasteiger partial charge in [-0.3, -0.25) is 4.79 Å². The van der Waals surface area contributed by atoms with Gasteiger partial charge in [-0.25, -0.2) is 0 Å². The van der Waals surface area contributed by atoms with Crippen molar-refractivity contribution in [1.82, 2.24) is 4.98 Å². The zero-order valence-corrected chi connectivity index (χ0v) is 11.9. The number of para-hydroxylation sites is 1. The number of halogens is 1. The molecule has 1 aromatic heterocycles. The van der Waals surface area contributed by atoms with Gasteiger partial charge in [-0.1, -0.05) is 34.1 Å². The number of H-pyrrole nitrogens is 1. The highest BCUT2D eigenvalue weighted by Gasteiger charge is 2.14. The highest BCUT2D eigenvalue weighted by atomic mass is 79.9. The molecule has 0 aliphatic rings. The Morgan fingerprint density at radius 2 is 2.17 bits per heavy atom. The second-order valence-electron chi connectivity index (χ2n) is 4.05. The fourth-order valence-electron chi connectivity index (χ4n) is 2.14. The first-order chi connectivity index (χ1) is 8.76. The molecule has 0 spiro atoms. The van der Waals surface area contributed by atoms with E-state index in [9.17, 15) is 4.79 Å². The van der Waals surface area contributed by atoms with Gasteiger partial charge in [0.1, 0.15) is 0 Å². The van der Waals surface area contributed by atoms with E-state index in [1.807, 2.05) is 25.1 Å². The average molecular weight is 310 g/mol. The van der Waals surface area contributed by atoms with Crippen LogP contribution in [0.5, 0.6) is 0 Å². The maximum Gasteiger partial charge on any atom is 0.311 e. The van der Waals surface area contributed by atoms with Crippen molar-refractivity contribution in [2.45, 2.75) is 19.8 Å². The second kappa shape index (κ2) is 6.05. The normalized spacial score (nSPS) is 10.8. The molecule has 4 heteroatoms. The van der Waals surface area contributed by atoms with Crippen molar-refractivity contribution >= 4 is 32.8 Å². The number of carbonyl (C=O) groups is 1. The average Bonchev–Trinajstić information content (AvgIpc) is 2.68. The number of carbonyl (C=O) groups excluding carboxylic acids is 1. The molecule has 1 aromatic carbocycles. The molecule has 0 saturated carbocycles. The number of ether oxygens (including phenoxy) is 1. The Bertz CT molecular complexity index is 548. The number of fused-ring (bicyclic) bond motifs is 1. The van der Waals surface area contributed by atoms with Crippen LogP contribution in [0.15, 0.2) is 24.3 Å². The molecular formula is C14H16BrNO2. The number of aromatic amines is 1. The summed E-state index contributed by atoms with van der Waals surface area (Å²) in [5.41, 5.74) is 3.25. The van der Waals surface area contributed by atoms with Crippen LogP contribution in [0.3, 0.4) is 0 Å². The van der Waals surface area contributed by atoms with Crippen LogP contribution in [0.25, 0.3) is 10.9 Å². The minimum Gasteiger partial charge on any atom is -0.466 e. The molecule has 96 valence electrons. The largest absolute Gasteiger partial charge is 0.466 e. The fraction of sp³-hybridized carbons (Fsp3) is 0.357. The van der Waals surface area contributed by atoms with E-state index in [1.165, 1.54) is 10.9 Å². The van der Waals surface area contributed by atoms with E-state index in [0.717, 1.165) is 23.0 Å². The summed E-state index contributed by atoms with van der Waals surface area (Å²) >= 11 is 3.46. The van der Waals surface area contributed by atoms with E-state index in [2.05, 4.69) is 27.0 Å². The maximum atomic E-state index is 11.6. The number of aromatic nitrogens is 1. The lowest BCUT2D eigenvalue weighted by Gasteiger charge is -2.03. The molecule has 0 saturated heterocycles. The zero-order valence-electron chi connectivity index (χ0n) is 10.3. The smallest absolute Gasteiger partial charge is 0.311 e. The van der Waals surface area contributed by atoms with Crippen LogP contribution in [-0.2, 0) is 22.4 Å². The lowest BCUT2D eigenvalue weighted by Crippen LogP contribution is -2.09. The fourth-order valence-corrected chi connectivity index (χ4v) is 2.54. The first kappa shape index (κ1) is 13.1. The predicted octanol–water partition coefficient (Wildman–Crippen LogP) is 3.21. The number of aryl methyl sites for hydroxylation is 1. The Morgan fingerprint density at radius 3 is 2.89 bits per heavy atom. The SMILES string of the molecule is CCOC(=O)Cc1[nH]c2ccccc2c1CCBr. The van der Waals surface area contributed by atoms with Gasteiger partial charge in [-0.15, -0.1) is 0 Å². The lowest BCUT2D eigenvalue weighted by atomic mass is 10.1. The van der Waals surface area contributed by atoms with Crippen LogP contribution in [0.2, 0.25) is 0 Å². The number of nitrogens with one attached hydrogen (secondary N) is 1. The summed E-state index contributed by atoms with van der Waals surface area (Å²) in [6.45, 7) is 2.25. The predicted molar refractivity (Wildman–Crippen MR) is 76.1 cm³/mol. The molecule has 3 nitrogen and oxygen atoms in total. The van der Waals surface area contributed by atoms with E-state index in [1.54, 1.807) is 0 Å². The highest BCUT2D eigenvalue weighted by Crippen LogP contribution is 2.24. The molecule has 0 unspecified atom stereocenters. The van der Waals surface area contributed by atoms with Crippen LogP contribution >= 0.6 is 15.9 Å². The van der Waals surface area contributed by atoms with Crippen LogP contribution in [0.1, 0.15) is 18.2 Å². The molecule has 0 aliphatic heterocycles. The molecular weight excluding hydrogens is 294 g/mol. The van der Waals surface area contributed by atoms with E-state index >= 15 is 0 Å². The summed E-state index contributed by atoms with van der Waals surface area (Å²) in [6.07, 6.45) is 1.21. The molecule has 0 radical (unpaired) electrons. The van der Waals surface area contributed by atoms with Crippen LogP contribution in [-0.4, -0.2) is 22.9 Å². The topological polar surface area (TPSA) is 42.1 Å². The van der Waals surface area contributed by atoms with Gasteiger partial charge in [0.15, 0.2) is 0 Å². The summed E-state index contributed by atoms with van der Waals surface area (Å²) in [5.74, 6) is -0.181. The van der Waals surface area contributed by atoms with Crippen LogP contribution in [0.4, 0.5) is 0 Å². The summed E-state index contributed by atoms with van der Waals surface area (Å²) in [5, 5.41) is 2.07. The molecule has 0 bridgehead atoms. The zero-order chi connectivity index (χ0) is 13.0. The van der Waals surface area contributed by atoms with Crippen molar-refractivity contribution in [1.29, 1.82) is 0 Å². The molecule has 0 aliphatic carbocycles. The number of hydrogen-bond acceptors (Lipinski definition) is 2. The van der Waals surface area contributed by atoms with Gasteiger partial charge in [0.05, 0.1) is 13.0 Å². The van der Waals surface area contributed by atoms with E-state index in [-0.39, 0.29) is 5.97 Å². The number of hydrogen-bond donors (Lipinski definition) is 1. The third-order valence-electron chi connectivity index (χ3n) is 2.87. The van der Waals surface area contributed by atoms with Gasteiger partial charge < -0.3 is 9.72 Å². The molecule has 0 atom stereocenters. The number of esters is 1. The van der Waals surface area contributed by atoms with Crippen molar-refractivity contribution in [2.24, 2.45) is 0 Å². The van der Waals surface area contributed by atoms with Gasteiger partial charge >= 0.3 is 5.97 Å². The van der Waals surface area contributed by atoms with Gasteiger partial charge in [0, 0.05) is 21.9 Å². The molecule has 0 fully saturated rings. The van der Waals surface area contributed by atoms with Crippen LogP contribution in [0, 0.1) is 0 Å². The lowest BCUT2D eigenvalue weighted by molar-refractivity contribution is -0.142. The van der Waals surface area contributed by atoms with Gasteiger partial charge in [0.25, 0.3) is 0 Å². The summed E-state index contributed by atoms with van der Waals surface area (Å²) in [7, 11) is 0. The Balaban J connectivity index is 2.36. The van der Waals surface area contributed by atoms with E-state index < -0.39 is 0 Å². The monoisotopic (exact) mass is 309 g/mol. The van der Waals surface area contributed by atoms with Crippen molar-refractivity contribution in [3.63, 3.8) is 0 Å². The van der Waals surface area contributed by atoms with Gasteiger partial charge in [0.2, 0.25) is 0 Å². The Labute approximate surface area is 115 Å². The molecule has 2 aromatic rings. The first-order valence-electron chi connectivity index (χ1n) is 6.06. The van der Waals surface area contributed by atoms with Crippen LogP contribution < -0.4 is 0 Å². The van der Waals surface area contributed by atoms with Crippen molar-refractivity contribution in [3.05, 3.63) is 35.5 Å². The van der Waals surface area contributed by atoms with Gasteiger partial charge in [-0.05, 0) is 25.0 Å². The number of alkyl halides is 1. The van der Waals surface area contributed by atoms with Crippen molar-refractivity contribution in [3.8, 4) is 0 Å². The quantitative estimate of drug-likeness (QED) is 0.680. The molecule has 18 heavy (non-hydrogen) atoms. The third kappa shape index (κ3) is 2.75. The standard InChI is InChI=1S/C14H16BrNO2/c1-2-18-14(17)9-13-11(7-8-15)10-5-3-4-6-12(10)16-13/h3-6,16H,2,7-9H2,1H3. The summed E-state index contributed by atoms with van der Waals surface area (Å²) in [4.78, 5) is 14.9. The van der Waals surface area contributed by atoms with Crippen molar-refractivity contribution < 1.29 is 9.53 Å². The Hall–Kier alpha value is -1.29. The summed E-state index contributed by atoms with van der Waals surface area (Å²) in [6, 6.07) is 8.12. The van der Waals surface area contributed by atoms with E-state index in [0.29, 0.717) is 13.0 Å². The molecule has 1 N–H and O–H groups in total. The van der Waals surface area contributed by atoms with Gasteiger partial charge in [-0.2, -0.15) is 0 Å². The van der Waals surface area contributed by atoms with Crippen molar-refractivity contribution in [2.75, 3.05) is 11.9 Å². The second-order valence-corrected chi connectivity index (χ2v) is 4.84. The third-order valence-corrected chi connectivity index (χ3v) is 3.27. The Morgan fingerprint density at radius 1 is 1.39 bits per heavy atom. The summed E-state index contributed by atoms with van der Waals surface area (Å²) < 4.78 is 5.00. The molecule has 1 heterocycles. The minimum atomic E-state index is -0.181. The van der Waals surface area contributed by atoms with E-state index in [4.69, 9.17) is 4.74 Å². The highest BCUT2D eigenvalue weighted by molar-refractivity contribution is 9.09. The maximum absolute atomic E-state index is 11.6. The molecule has 2 rings (SSSR count). The first-order valence-corrected chi connectivity index (χ1v) is 7.18. The Kier molecular flexibility index (Phi) is 4.42. The minimum absolute atomic E-state index is 0.181. The molecule has 0 amide bonds. The number of benzene rings is 1.